The molecular formula is C59H60N2O11. The van der Waals surface area contributed by atoms with Crippen molar-refractivity contribution < 1.29 is 52.6 Å². The Hall–Kier alpha value is -7.36. The molecule has 372 valence electrons. The summed E-state index contributed by atoms with van der Waals surface area (Å²) in [6, 6.07) is 62.5. The molecule has 1 amide bonds. The van der Waals surface area contributed by atoms with Crippen LogP contribution in [0, 0.1) is 0 Å². The van der Waals surface area contributed by atoms with Gasteiger partial charge in [-0.05, 0) is 58.0 Å². The van der Waals surface area contributed by atoms with Gasteiger partial charge in [-0.25, -0.2) is 15.0 Å². The van der Waals surface area contributed by atoms with E-state index in [2.05, 4.69) is 10.9 Å². The van der Waals surface area contributed by atoms with Gasteiger partial charge in [0.15, 0.2) is 11.5 Å². The maximum atomic E-state index is 14.3. The molecular weight excluding hydrogens is 913 g/mol. The van der Waals surface area contributed by atoms with Crippen molar-refractivity contribution in [1.82, 2.24) is 10.9 Å². The number of rotatable bonds is 24. The summed E-state index contributed by atoms with van der Waals surface area (Å²) in [4.78, 5) is 28.5. The number of nitrogens with one attached hydrogen (secondary N) is 2. The summed E-state index contributed by atoms with van der Waals surface area (Å²) in [5, 5.41) is 10.8. The second-order valence-corrected chi connectivity index (χ2v) is 17.6. The molecule has 6 atom stereocenters. The topological polar surface area (TPSA) is 152 Å². The minimum absolute atomic E-state index is 0.0116. The molecule has 13 nitrogen and oxygen atoms in total. The van der Waals surface area contributed by atoms with Crippen LogP contribution in [0.5, 0.6) is 11.5 Å². The number of esters is 1. The molecule has 1 aliphatic heterocycles. The zero-order valence-corrected chi connectivity index (χ0v) is 40.1. The molecule has 0 aromatic heterocycles. The predicted octanol–water partition coefficient (Wildman–Crippen LogP) is 9.94. The van der Waals surface area contributed by atoms with Crippen LogP contribution in [0.2, 0.25) is 0 Å². The molecule has 8 rings (SSSR count). The Morgan fingerprint density at radius 2 is 0.972 bits per heavy atom. The van der Waals surface area contributed by atoms with Crippen molar-refractivity contribution in [3.05, 3.63) is 239 Å². The number of carbonyl (C=O) groups is 2. The van der Waals surface area contributed by atoms with Gasteiger partial charge >= 0.3 is 12.1 Å². The van der Waals surface area contributed by atoms with Crippen molar-refractivity contribution in [2.24, 2.45) is 0 Å². The average Bonchev–Trinajstić information content (AvgIpc) is 3.42. The Kier molecular flexibility index (Phi) is 18.6. The van der Waals surface area contributed by atoms with E-state index in [4.69, 9.17) is 37.9 Å². The molecule has 1 aliphatic rings. The van der Waals surface area contributed by atoms with Gasteiger partial charge in [0.25, 0.3) is 0 Å². The van der Waals surface area contributed by atoms with E-state index in [9.17, 15) is 14.7 Å². The first-order valence-electron chi connectivity index (χ1n) is 24.0. The second kappa shape index (κ2) is 26.2. The van der Waals surface area contributed by atoms with Crippen molar-refractivity contribution in [2.45, 2.75) is 89.2 Å². The van der Waals surface area contributed by atoms with E-state index in [1.807, 2.05) is 182 Å². The Morgan fingerprint density at radius 3 is 1.49 bits per heavy atom. The third-order valence-corrected chi connectivity index (χ3v) is 12.0. The summed E-state index contributed by atoms with van der Waals surface area (Å²) in [7, 11) is 0. The number of hydrogen-bond donors (Lipinski definition) is 3. The molecule has 7 aromatic rings. The Bertz CT molecular complexity index is 2700. The van der Waals surface area contributed by atoms with Crippen molar-refractivity contribution in [3.63, 3.8) is 0 Å². The lowest BCUT2D eigenvalue weighted by Crippen LogP contribution is -2.63. The van der Waals surface area contributed by atoms with Crippen molar-refractivity contribution >= 4 is 12.1 Å². The number of aromatic hydroxyl groups is 1. The van der Waals surface area contributed by atoms with Crippen LogP contribution in [0.1, 0.15) is 45.9 Å². The van der Waals surface area contributed by atoms with Crippen LogP contribution in [-0.2, 0) is 84.0 Å². The van der Waals surface area contributed by atoms with E-state index in [0.29, 0.717) is 5.56 Å². The molecule has 1 heterocycles. The average molecular weight is 973 g/mol. The first kappa shape index (κ1) is 51.0. The Balaban J connectivity index is 1.06. The highest BCUT2D eigenvalue weighted by Crippen LogP contribution is 2.33. The largest absolute Gasteiger partial charge is 0.504 e. The van der Waals surface area contributed by atoms with E-state index in [1.165, 1.54) is 6.07 Å². The predicted molar refractivity (Wildman–Crippen MR) is 270 cm³/mol. The zero-order valence-electron chi connectivity index (χ0n) is 40.1. The van der Waals surface area contributed by atoms with Gasteiger partial charge in [-0.1, -0.05) is 188 Å². The summed E-state index contributed by atoms with van der Waals surface area (Å²) < 4.78 is 51.3. The number of amides is 1. The molecule has 0 spiro atoms. The maximum absolute atomic E-state index is 14.3. The Morgan fingerprint density at radius 1 is 0.528 bits per heavy atom. The van der Waals surface area contributed by atoms with Gasteiger partial charge in [0, 0.05) is 6.42 Å². The van der Waals surface area contributed by atoms with Gasteiger partial charge in [0.1, 0.15) is 43.2 Å². The van der Waals surface area contributed by atoms with Crippen LogP contribution in [-0.4, -0.2) is 60.0 Å². The molecule has 7 aromatic carbocycles. The van der Waals surface area contributed by atoms with Crippen molar-refractivity contribution in [1.29, 1.82) is 0 Å². The molecule has 1 unspecified atom stereocenters. The minimum atomic E-state index is -1.59. The van der Waals surface area contributed by atoms with Crippen LogP contribution in [0.4, 0.5) is 4.79 Å². The van der Waals surface area contributed by atoms with Crippen LogP contribution in [0.25, 0.3) is 0 Å². The number of ether oxygens (including phenoxy) is 8. The summed E-state index contributed by atoms with van der Waals surface area (Å²) in [5.41, 5.74) is 9.90. The summed E-state index contributed by atoms with van der Waals surface area (Å²) >= 11 is 0. The summed E-state index contributed by atoms with van der Waals surface area (Å²) in [6.07, 6.45) is -5.89. The van der Waals surface area contributed by atoms with E-state index >= 15 is 0 Å². The highest BCUT2D eigenvalue weighted by Gasteiger charge is 2.50. The fraction of sp³-hybridized carbons (Fsp3) is 0.254. The highest BCUT2D eigenvalue weighted by molar-refractivity contribution is 5.81. The lowest BCUT2D eigenvalue weighted by Gasteiger charge is -2.45. The van der Waals surface area contributed by atoms with Crippen LogP contribution >= 0.6 is 0 Å². The van der Waals surface area contributed by atoms with E-state index in [0.717, 1.165) is 33.4 Å². The highest BCUT2D eigenvalue weighted by atomic mass is 16.7. The van der Waals surface area contributed by atoms with E-state index < -0.39 is 48.3 Å². The number of carbonyl (C=O) groups excluding carboxylic acids is 2. The Labute approximate surface area is 420 Å². The lowest BCUT2D eigenvalue weighted by atomic mass is 9.93. The smallest absolute Gasteiger partial charge is 0.424 e. The van der Waals surface area contributed by atoms with E-state index in [1.54, 1.807) is 19.1 Å². The summed E-state index contributed by atoms with van der Waals surface area (Å²) in [5.74, 6) is -0.526. The lowest BCUT2D eigenvalue weighted by molar-refractivity contribution is -0.315. The molecule has 3 N–H and O–H groups in total. The normalized spacial score (nSPS) is 18.3. The third-order valence-electron chi connectivity index (χ3n) is 12.0. The zero-order chi connectivity index (χ0) is 49.8. The molecule has 0 saturated carbocycles. The van der Waals surface area contributed by atoms with Gasteiger partial charge in [-0.3, -0.25) is 5.43 Å². The number of hydrazine groups is 1. The van der Waals surface area contributed by atoms with Gasteiger partial charge in [0.05, 0.1) is 33.0 Å². The molecule has 0 bridgehead atoms. The van der Waals surface area contributed by atoms with Gasteiger partial charge in [-0.15, -0.1) is 0 Å². The number of benzene rings is 7. The molecule has 1 saturated heterocycles. The van der Waals surface area contributed by atoms with Gasteiger partial charge < -0.3 is 43.0 Å². The molecule has 0 aliphatic carbocycles. The number of hydrogen-bond acceptors (Lipinski definition) is 12. The monoisotopic (exact) mass is 972 g/mol. The van der Waals surface area contributed by atoms with Crippen LogP contribution in [0.15, 0.2) is 200 Å². The second-order valence-electron chi connectivity index (χ2n) is 17.6. The number of phenols is 1. The first-order valence-corrected chi connectivity index (χ1v) is 24.0. The SMILES string of the molecule is C[C@@](Cc1ccc(O)c(OCc2ccccc2)c1)(NNC(=O)O[C@@H]1OC(COCc2ccccc2)[C@@H](OCc2ccccc2)[C@H](OCc2ccccc2)[C@H]1OCc1ccccc1)C(=O)OCc1ccccc1. The first-order chi connectivity index (χ1) is 35.3. The van der Waals surface area contributed by atoms with Crippen LogP contribution < -0.4 is 15.6 Å². The fourth-order valence-electron chi connectivity index (χ4n) is 8.14. The minimum Gasteiger partial charge on any atom is -0.504 e. The maximum Gasteiger partial charge on any atom is 0.424 e. The quantitative estimate of drug-likeness (QED) is 0.0391. The molecule has 0 radical (unpaired) electrons. The number of phenolic OH excluding ortho intramolecular Hbond substituents is 1. The standard InChI is InChI=1S/C59H60N2O11/c1-59(57(63)70-41-48-30-18-7-19-31-48,35-49-32-33-50(62)51(34-49)66-37-44-22-10-3-11-23-44)61-60-58(64)72-56-55(69-40-47-28-16-6-17-29-47)54(68-39-46-26-14-5-15-27-46)53(67-38-45-24-12-4-13-25-45)52(71-56)42-65-36-43-20-8-2-9-21-43/h2-34,52-56,61-62H,35-42H2,1H3,(H,60,64)/t52?,53-,54+,55-,56+,59+/m1/s1. The molecule has 1 fully saturated rings. The third kappa shape index (κ3) is 15.1. The van der Waals surface area contributed by atoms with Crippen molar-refractivity contribution in [3.8, 4) is 11.5 Å². The van der Waals surface area contributed by atoms with Gasteiger partial charge in [0.2, 0.25) is 6.29 Å². The van der Waals surface area contributed by atoms with E-state index in [-0.39, 0.29) is 64.2 Å². The molecule has 13 heteroatoms. The fourth-order valence-corrected chi connectivity index (χ4v) is 8.14. The summed E-state index contributed by atoms with van der Waals surface area (Å²) in [6.45, 7) is 2.63. The van der Waals surface area contributed by atoms with Crippen molar-refractivity contribution in [2.75, 3.05) is 6.61 Å². The molecule has 72 heavy (non-hydrogen) atoms. The van der Waals surface area contributed by atoms with Gasteiger partial charge in [-0.2, -0.15) is 0 Å². The van der Waals surface area contributed by atoms with Crippen LogP contribution in [0.3, 0.4) is 0 Å².